The van der Waals surface area contributed by atoms with Gasteiger partial charge in [-0.1, -0.05) is 28.8 Å². The molecule has 0 fully saturated rings. The molecule has 0 saturated heterocycles. The van der Waals surface area contributed by atoms with Gasteiger partial charge in [-0.15, -0.1) is 4.57 Å². The molecule has 6 rings (SSSR count). The third-order valence-corrected chi connectivity index (χ3v) is 5.21. The molecule has 4 aromatic rings. The largest absolute Gasteiger partial charge is 0.464 e. The van der Waals surface area contributed by atoms with Gasteiger partial charge in [0.05, 0.1) is 0 Å². The van der Waals surface area contributed by atoms with E-state index in [0.717, 1.165) is 28.2 Å². The van der Waals surface area contributed by atoms with Crippen molar-refractivity contribution in [3.63, 3.8) is 0 Å². The minimum atomic E-state index is -0.459. The smallest absolute Gasteiger partial charge is 0.357 e. The van der Waals surface area contributed by atoms with Crippen molar-refractivity contribution in [2.45, 2.75) is 13.3 Å². The first kappa shape index (κ1) is 13.8. The normalized spacial score (nSPS) is 16.7. The van der Waals surface area contributed by atoms with Gasteiger partial charge in [0.15, 0.2) is 11.0 Å². The minimum Gasteiger partial charge on any atom is -0.357 e. The van der Waals surface area contributed by atoms with Crippen LogP contribution in [-0.4, -0.2) is 10.5 Å². The molecule has 26 heavy (non-hydrogen) atoms. The fraction of sp³-hybridized carbons (Fsp3) is 0.0952. The van der Waals surface area contributed by atoms with Gasteiger partial charge in [-0.2, -0.15) is 4.57 Å². The van der Waals surface area contributed by atoms with Gasteiger partial charge in [-0.05, 0) is 42.8 Å². The number of nitrogens with zero attached hydrogens (tertiary/aromatic N) is 3. The van der Waals surface area contributed by atoms with E-state index >= 15 is 0 Å². The van der Waals surface area contributed by atoms with Crippen molar-refractivity contribution in [1.29, 1.82) is 0 Å². The Labute approximate surface area is 149 Å². The molecular weight excluding hydrogens is 326 g/mol. The third-order valence-electron chi connectivity index (χ3n) is 5.21. The van der Waals surface area contributed by atoms with Crippen molar-refractivity contribution in [3.8, 4) is 17.2 Å². The molecule has 5 heteroatoms. The number of aromatic nitrogens is 3. The number of rotatable bonds is 1. The number of ether oxygens (including phenoxy) is 1. The number of benzene rings is 2. The SMILES string of the molecule is Cc1ccc2c(c1)n(-c1ccccc1)c1[n+]2C2OC(=O)c3cccc-1[n+]32. The van der Waals surface area contributed by atoms with E-state index < -0.39 is 6.35 Å². The molecular formula is C21H15N3O2+2. The number of carbonyl (C=O) groups is 1. The molecule has 124 valence electrons. The Bertz CT molecular complexity index is 1240. The molecule has 0 N–H and O–H groups in total. The van der Waals surface area contributed by atoms with Gasteiger partial charge in [0.25, 0.3) is 5.69 Å². The van der Waals surface area contributed by atoms with E-state index in [9.17, 15) is 4.79 Å². The molecule has 2 aliphatic heterocycles. The van der Waals surface area contributed by atoms with Gasteiger partial charge in [-0.3, -0.25) is 0 Å². The van der Waals surface area contributed by atoms with Gasteiger partial charge in [-0.25, -0.2) is 4.79 Å². The highest BCUT2D eigenvalue weighted by Crippen LogP contribution is 2.33. The van der Waals surface area contributed by atoms with Crippen molar-refractivity contribution < 1.29 is 18.7 Å². The van der Waals surface area contributed by atoms with E-state index in [1.807, 2.05) is 41.0 Å². The molecule has 5 nitrogen and oxygen atoms in total. The number of esters is 1. The fourth-order valence-electron chi connectivity index (χ4n) is 4.14. The van der Waals surface area contributed by atoms with Crippen LogP contribution >= 0.6 is 0 Å². The molecule has 2 aliphatic rings. The van der Waals surface area contributed by atoms with E-state index in [1.165, 1.54) is 5.56 Å². The second-order valence-corrected chi connectivity index (χ2v) is 6.75. The maximum atomic E-state index is 12.3. The molecule has 1 atom stereocenters. The van der Waals surface area contributed by atoms with Crippen LogP contribution in [-0.2, 0) is 4.74 Å². The number of fused-ring (bicyclic) bond motifs is 5. The topological polar surface area (TPSA) is 39.0 Å². The van der Waals surface area contributed by atoms with Crippen LogP contribution in [0.3, 0.4) is 0 Å². The Kier molecular flexibility index (Phi) is 2.43. The van der Waals surface area contributed by atoms with Crippen molar-refractivity contribution in [3.05, 3.63) is 78.0 Å². The summed E-state index contributed by atoms with van der Waals surface area (Å²) in [4.78, 5) is 12.3. The Morgan fingerprint density at radius 1 is 0.923 bits per heavy atom. The van der Waals surface area contributed by atoms with Gasteiger partial charge in [0.1, 0.15) is 5.69 Å². The molecule has 2 aromatic carbocycles. The van der Waals surface area contributed by atoms with Crippen LogP contribution in [0.15, 0.2) is 66.7 Å². The van der Waals surface area contributed by atoms with Gasteiger partial charge < -0.3 is 4.74 Å². The predicted molar refractivity (Wildman–Crippen MR) is 93.7 cm³/mol. The average molecular weight is 341 g/mol. The first-order valence-electron chi connectivity index (χ1n) is 8.62. The summed E-state index contributed by atoms with van der Waals surface area (Å²) in [5.41, 5.74) is 6.00. The highest BCUT2D eigenvalue weighted by atomic mass is 16.6. The summed E-state index contributed by atoms with van der Waals surface area (Å²) >= 11 is 0. The summed E-state index contributed by atoms with van der Waals surface area (Å²) < 4.78 is 12.1. The van der Waals surface area contributed by atoms with Crippen LogP contribution in [0.25, 0.3) is 28.2 Å². The molecule has 0 saturated carbocycles. The summed E-state index contributed by atoms with van der Waals surface area (Å²) in [6, 6.07) is 22.4. The molecule has 0 radical (unpaired) electrons. The van der Waals surface area contributed by atoms with Crippen LogP contribution in [0.5, 0.6) is 0 Å². The maximum Gasteiger partial charge on any atom is 0.464 e. The molecule has 0 aliphatic carbocycles. The van der Waals surface area contributed by atoms with E-state index in [2.05, 4.69) is 46.4 Å². The summed E-state index contributed by atoms with van der Waals surface area (Å²) in [5, 5.41) is 0. The van der Waals surface area contributed by atoms with Crippen LogP contribution in [0.2, 0.25) is 0 Å². The highest BCUT2D eigenvalue weighted by molar-refractivity contribution is 5.87. The fourth-order valence-corrected chi connectivity index (χ4v) is 4.14. The summed E-state index contributed by atoms with van der Waals surface area (Å²) in [7, 11) is 0. The second kappa shape index (κ2) is 4.58. The lowest BCUT2D eigenvalue weighted by molar-refractivity contribution is -0.927. The first-order valence-corrected chi connectivity index (χ1v) is 8.62. The molecule has 0 amide bonds. The zero-order valence-corrected chi connectivity index (χ0v) is 14.1. The number of imidazole rings is 1. The first-order chi connectivity index (χ1) is 12.7. The molecule has 0 bridgehead atoms. The zero-order valence-electron chi connectivity index (χ0n) is 14.1. The summed E-state index contributed by atoms with van der Waals surface area (Å²) in [6.07, 6.45) is -0.459. The average Bonchev–Trinajstić information content (AvgIpc) is 3.27. The lowest BCUT2D eigenvalue weighted by atomic mass is 10.2. The van der Waals surface area contributed by atoms with E-state index in [4.69, 9.17) is 4.74 Å². The molecule has 4 heterocycles. The third kappa shape index (κ3) is 1.53. The highest BCUT2D eigenvalue weighted by Gasteiger charge is 2.57. The Hall–Kier alpha value is -3.47. The number of hydrogen-bond acceptors (Lipinski definition) is 2. The molecule has 2 aromatic heterocycles. The predicted octanol–water partition coefficient (Wildman–Crippen LogP) is 2.67. The quantitative estimate of drug-likeness (QED) is 0.394. The monoisotopic (exact) mass is 341 g/mol. The van der Waals surface area contributed by atoms with Gasteiger partial charge >= 0.3 is 23.8 Å². The van der Waals surface area contributed by atoms with Crippen molar-refractivity contribution >= 4 is 17.0 Å². The van der Waals surface area contributed by atoms with Crippen LogP contribution in [0.4, 0.5) is 0 Å². The standard InChI is InChI=1S/C21H15N3O2/c1-13-10-11-15-18(12-13)22(14-6-3-2-4-7-14)19-16-8-5-9-17-20(25)26-21(23(16)17)24(15)19/h2-12,21H,1H3/q+2. The summed E-state index contributed by atoms with van der Waals surface area (Å²) in [6.45, 7) is 2.09. The van der Waals surface area contributed by atoms with Gasteiger partial charge in [0, 0.05) is 12.1 Å². The zero-order chi connectivity index (χ0) is 17.4. The molecule has 0 spiro atoms. The van der Waals surface area contributed by atoms with Gasteiger partial charge in [0.2, 0.25) is 0 Å². The van der Waals surface area contributed by atoms with Crippen molar-refractivity contribution in [1.82, 2.24) is 4.57 Å². The van der Waals surface area contributed by atoms with Crippen molar-refractivity contribution in [2.75, 3.05) is 0 Å². The van der Waals surface area contributed by atoms with E-state index in [-0.39, 0.29) is 5.97 Å². The lowest BCUT2D eigenvalue weighted by Crippen LogP contribution is -2.50. The number of carbonyl (C=O) groups excluding carboxylic acids is 1. The van der Waals surface area contributed by atoms with Crippen molar-refractivity contribution in [2.24, 2.45) is 0 Å². The number of hydrogen-bond donors (Lipinski definition) is 0. The minimum absolute atomic E-state index is 0.275. The number of para-hydroxylation sites is 1. The summed E-state index contributed by atoms with van der Waals surface area (Å²) in [5.74, 6) is 0.749. The van der Waals surface area contributed by atoms with Crippen LogP contribution < -0.4 is 9.13 Å². The van der Waals surface area contributed by atoms with Crippen LogP contribution in [0.1, 0.15) is 22.4 Å². The van der Waals surface area contributed by atoms with E-state index in [0.29, 0.717) is 5.69 Å². The lowest BCUT2D eigenvalue weighted by Gasteiger charge is -2.00. The Morgan fingerprint density at radius 2 is 1.73 bits per heavy atom. The molecule has 1 unspecified atom stereocenters. The Balaban J connectivity index is 1.81. The number of pyridine rings is 1. The second-order valence-electron chi connectivity index (χ2n) is 6.75. The Morgan fingerprint density at radius 3 is 2.58 bits per heavy atom. The number of aryl methyl sites for hydroxylation is 1. The van der Waals surface area contributed by atoms with E-state index in [1.54, 1.807) is 0 Å². The maximum absolute atomic E-state index is 12.3. The van der Waals surface area contributed by atoms with Crippen LogP contribution in [0, 0.1) is 6.92 Å².